The lowest BCUT2D eigenvalue weighted by atomic mass is 9.85. The standard InChI is InChI=1S/C21H26N6O3/c1-2-3-17-10-18(26-30-17)21(29)25-15-6-4-14(5-7-15)20(28)24-12-16-11-23-19-13-22-8-9-27(16)19/h8-11,13-15H,2-7,12H2,1H3,(H,24,28)(H,25,29). The Hall–Kier alpha value is -3.23. The van der Waals surface area contributed by atoms with Crippen LogP contribution in [-0.4, -0.2) is 37.4 Å². The van der Waals surface area contributed by atoms with Crippen LogP contribution in [0.15, 0.2) is 35.4 Å². The summed E-state index contributed by atoms with van der Waals surface area (Å²) in [6.45, 7) is 2.47. The van der Waals surface area contributed by atoms with Crippen LogP contribution in [0.1, 0.15) is 61.0 Å². The molecule has 30 heavy (non-hydrogen) atoms. The quantitative estimate of drug-likeness (QED) is 0.618. The second-order valence-corrected chi connectivity index (χ2v) is 7.72. The fourth-order valence-electron chi connectivity index (χ4n) is 3.89. The first kappa shape index (κ1) is 20.1. The van der Waals surface area contributed by atoms with Gasteiger partial charge >= 0.3 is 0 Å². The lowest BCUT2D eigenvalue weighted by Gasteiger charge is -2.28. The van der Waals surface area contributed by atoms with Crippen molar-refractivity contribution in [1.29, 1.82) is 0 Å². The predicted octanol–water partition coefficient (Wildman–Crippen LogP) is 2.27. The van der Waals surface area contributed by atoms with Crippen LogP contribution in [0, 0.1) is 5.92 Å². The van der Waals surface area contributed by atoms with Gasteiger partial charge in [0.25, 0.3) is 5.91 Å². The Morgan fingerprint density at radius 2 is 2.07 bits per heavy atom. The normalized spacial score (nSPS) is 19.0. The number of carbonyl (C=O) groups excluding carboxylic acids is 2. The fraction of sp³-hybridized carbons (Fsp3) is 0.476. The summed E-state index contributed by atoms with van der Waals surface area (Å²) >= 11 is 0. The van der Waals surface area contributed by atoms with E-state index < -0.39 is 0 Å². The molecule has 9 heteroatoms. The third-order valence-corrected chi connectivity index (χ3v) is 5.56. The highest BCUT2D eigenvalue weighted by Crippen LogP contribution is 2.25. The number of hydrogen-bond donors (Lipinski definition) is 2. The van der Waals surface area contributed by atoms with Crippen molar-refractivity contribution in [2.75, 3.05) is 0 Å². The molecule has 3 heterocycles. The van der Waals surface area contributed by atoms with E-state index >= 15 is 0 Å². The molecule has 0 spiro atoms. The van der Waals surface area contributed by atoms with E-state index in [0.29, 0.717) is 12.2 Å². The van der Waals surface area contributed by atoms with Crippen molar-refractivity contribution in [3.8, 4) is 0 Å². The highest BCUT2D eigenvalue weighted by atomic mass is 16.5. The SMILES string of the molecule is CCCc1cc(C(=O)NC2CCC(C(=O)NCc3cnc4cnccn34)CC2)no1. The van der Waals surface area contributed by atoms with Crippen LogP contribution < -0.4 is 10.6 Å². The Kier molecular flexibility index (Phi) is 6.06. The Balaban J connectivity index is 1.23. The topological polar surface area (TPSA) is 114 Å². The molecule has 1 saturated carbocycles. The molecule has 0 radical (unpaired) electrons. The fourth-order valence-corrected chi connectivity index (χ4v) is 3.89. The number of amides is 2. The number of aromatic nitrogens is 4. The van der Waals surface area contributed by atoms with Gasteiger partial charge in [-0.3, -0.25) is 19.0 Å². The zero-order valence-corrected chi connectivity index (χ0v) is 17.0. The number of hydrogen-bond acceptors (Lipinski definition) is 6. The molecule has 0 unspecified atom stereocenters. The predicted molar refractivity (Wildman–Crippen MR) is 109 cm³/mol. The molecule has 3 aromatic rings. The maximum absolute atomic E-state index is 12.6. The number of carbonyl (C=O) groups is 2. The van der Waals surface area contributed by atoms with Gasteiger partial charge in [-0.25, -0.2) is 4.98 Å². The molecule has 158 valence electrons. The smallest absolute Gasteiger partial charge is 0.273 e. The minimum atomic E-state index is -0.212. The number of nitrogens with zero attached hydrogens (tertiary/aromatic N) is 4. The third kappa shape index (κ3) is 4.50. The van der Waals surface area contributed by atoms with E-state index in [-0.39, 0.29) is 23.8 Å². The van der Waals surface area contributed by atoms with E-state index in [1.807, 2.05) is 17.5 Å². The van der Waals surface area contributed by atoms with E-state index in [0.717, 1.165) is 55.6 Å². The summed E-state index contributed by atoms with van der Waals surface area (Å²) in [4.78, 5) is 33.3. The highest BCUT2D eigenvalue weighted by molar-refractivity contribution is 5.92. The van der Waals surface area contributed by atoms with Gasteiger partial charge in [0, 0.05) is 36.8 Å². The van der Waals surface area contributed by atoms with Gasteiger partial charge in [-0.05, 0) is 32.1 Å². The lowest BCUT2D eigenvalue weighted by molar-refractivity contribution is -0.126. The average molecular weight is 410 g/mol. The second-order valence-electron chi connectivity index (χ2n) is 7.72. The van der Waals surface area contributed by atoms with Gasteiger partial charge < -0.3 is 15.2 Å². The Morgan fingerprint density at radius 3 is 2.87 bits per heavy atom. The van der Waals surface area contributed by atoms with E-state index in [1.165, 1.54) is 0 Å². The summed E-state index contributed by atoms with van der Waals surface area (Å²) in [5, 5.41) is 9.88. The maximum Gasteiger partial charge on any atom is 0.273 e. The largest absolute Gasteiger partial charge is 0.361 e. The van der Waals surface area contributed by atoms with Crippen molar-refractivity contribution in [1.82, 2.24) is 30.2 Å². The van der Waals surface area contributed by atoms with Gasteiger partial charge in [-0.1, -0.05) is 12.1 Å². The van der Waals surface area contributed by atoms with Gasteiger partial charge in [0.05, 0.1) is 24.6 Å². The molecule has 3 aromatic heterocycles. The van der Waals surface area contributed by atoms with Crippen LogP contribution in [0.3, 0.4) is 0 Å². The average Bonchev–Trinajstić information content (AvgIpc) is 3.40. The molecule has 0 aliphatic heterocycles. The van der Waals surface area contributed by atoms with Crippen molar-refractivity contribution >= 4 is 17.5 Å². The molecular formula is C21H26N6O3. The molecule has 1 aliphatic carbocycles. The zero-order valence-electron chi connectivity index (χ0n) is 17.0. The lowest BCUT2D eigenvalue weighted by Crippen LogP contribution is -2.41. The molecule has 1 aliphatic rings. The first-order chi connectivity index (χ1) is 14.6. The second kappa shape index (κ2) is 9.06. The summed E-state index contributed by atoms with van der Waals surface area (Å²) in [7, 11) is 0. The monoisotopic (exact) mass is 410 g/mol. The first-order valence-electron chi connectivity index (χ1n) is 10.4. The summed E-state index contributed by atoms with van der Waals surface area (Å²) < 4.78 is 7.09. The van der Waals surface area contributed by atoms with Crippen LogP contribution in [0.2, 0.25) is 0 Å². The van der Waals surface area contributed by atoms with Gasteiger partial charge in [-0.2, -0.15) is 0 Å². The molecular weight excluding hydrogens is 384 g/mol. The van der Waals surface area contributed by atoms with Crippen molar-refractivity contribution in [2.24, 2.45) is 5.92 Å². The molecule has 0 atom stereocenters. The van der Waals surface area contributed by atoms with E-state index in [1.54, 1.807) is 24.7 Å². The number of fused-ring (bicyclic) bond motifs is 1. The van der Waals surface area contributed by atoms with Crippen LogP contribution in [-0.2, 0) is 17.8 Å². The Labute approximate surface area is 174 Å². The van der Waals surface area contributed by atoms with Crippen molar-refractivity contribution in [3.63, 3.8) is 0 Å². The summed E-state index contributed by atoms with van der Waals surface area (Å²) in [6.07, 6.45) is 11.7. The van der Waals surface area contributed by atoms with Crippen molar-refractivity contribution < 1.29 is 14.1 Å². The van der Waals surface area contributed by atoms with Crippen LogP contribution in [0.5, 0.6) is 0 Å². The molecule has 2 amide bonds. The van der Waals surface area contributed by atoms with E-state index in [2.05, 4.69) is 25.8 Å². The van der Waals surface area contributed by atoms with E-state index in [9.17, 15) is 9.59 Å². The maximum atomic E-state index is 12.6. The number of aryl methyl sites for hydroxylation is 1. The van der Waals surface area contributed by atoms with Gasteiger partial charge in [0.15, 0.2) is 11.3 Å². The molecule has 4 rings (SSSR count). The molecule has 9 nitrogen and oxygen atoms in total. The first-order valence-corrected chi connectivity index (χ1v) is 10.4. The minimum Gasteiger partial charge on any atom is -0.361 e. The van der Waals surface area contributed by atoms with Gasteiger partial charge in [0.2, 0.25) is 5.91 Å². The summed E-state index contributed by atoms with van der Waals surface area (Å²) in [5.41, 5.74) is 1.99. The van der Waals surface area contributed by atoms with Crippen LogP contribution in [0.4, 0.5) is 0 Å². The van der Waals surface area contributed by atoms with Gasteiger partial charge in [0.1, 0.15) is 5.76 Å². The highest BCUT2D eigenvalue weighted by Gasteiger charge is 2.28. The summed E-state index contributed by atoms with van der Waals surface area (Å²) in [6, 6.07) is 1.76. The van der Waals surface area contributed by atoms with Gasteiger partial charge in [-0.15, -0.1) is 0 Å². The third-order valence-electron chi connectivity index (χ3n) is 5.56. The number of rotatable bonds is 7. The molecule has 0 bridgehead atoms. The van der Waals surface area contributed by atoms with Crippen LogP contribution >= 0.6 is 0 Å². The van der Waals surface area contributed by atoms with Crippen LogP contribution in [0.25, 0.3) is 5.65 Å². The minimum absolute atomic E-state index is 0.0396. The molecule has 0 saturated heterocycles. The molecule has 0 aromatic carbocycles. The van der Waals surface area contributed by atoms with Crippen molar-refractivity contribution in [3.05, 3.63) is 48.0 Å². The summed E-state index contributed by atoms with van der Waals surface area (Å²) in [5.74, 6) is 0.521. The molecule has 2 N–H and O–H groups in total. The number of nitrogens with one attached hydrogen (secondary N) is 2. The van der Waals surface area contributed by atoms with Crippen molar-refractivity contribution in [2.45, 2.75) is 58.0 Å². The Bertz CT molecular complexity index is 1020. The Morgan fingerprint density at radius 1 is 1.23 bits per heavy atom. The zero-order chi connectivity index (χ0) is 20.9. The number of imidazole rings is 1. The molecule has 1 fully saturated rings. The van der Waals surface area contributed by atoms with E-state index in [4.69, 9.17) is 4.52 Å².